The first-order valence-corrected chi connectivity index (χ1v) is 6.78. The molecule has 0 unspecified atom stereocenters. The lowest BCUT2D eigenvalue weighted by Gasteiger charge is -2.10. The van der Waals surface area contributed by atoms with E-state index in [1.807, 2.05) is 0 Å². The van der Waals surface area contributed by atoms with E-state index in [2.05, 4.69) is 20.9 Å². The summed E-state index contributed by atoms with van der Waals surface area (Å²) in [5, 5.41) is 0. The van der Waals surface area contributed by atoms with Crippen molar-refractivity contribution in [2.24, 2.45) is 0 Å². The van der Waals surface area contributed by atoms with E-state index in [-0.39, 0.29) is 17.0 Å². The fraction of sp³-hybridized carbons (Fsp3) is 0.0714. The third-order valence-electron chi connectivity index (χ3n) is 3.13. The molecule has 3 aromatic rings. The van der Waals surface area contributed by atoms with E-state index < -0.39 is 11.6 Å². The van der Waals surface area contributed by atoms with E-state index in [9.17, 15) is 8.78 Å². The molecule has 0 spiro atoms. The molecule has 0 saturated heterocycles. The van der Waals surface area contributed by atoms with Crippen LogP contribution in [0.5, 0.6) is 5.75 Å². The van der Waals surface area contributed by atoms with Crippen molar-refractivity contribution in [2.45, 2.75) is 0 Å². The van der Waals surface area contributed by atoms with Gasteiger partial charge in [-0.15, -0.1) is 0 Å². The highest BCUT2D eigenvalue weighted by Crippen LogP contribution is 2.31. The molecule has 1 aromatic heterocycles. The molecule has 3 rings (SSSR count). The van der Waals surface area contributed by atoms with Crippen molar-refractivity contribution in [3.63, 3.8) is 0 Å². The molecule has 0 aliphatic heterocycles. The third-order valence-corrected chi connectivity index (χ3v) is 3.78. The molecule has 2 N–H and O–H groups in total. The molecule has 0 radical (unpaired) electrons. The number of nitrogens with two attached hydrogens (primary N) is 1. The van der Waals surface area contributed by atoms with E-state index in [1.54, 1.807) is 18.2 Å². The summed E-state index contributed by atoms with van der Waals surface area (Å²) in [6.07, 6.45) is 0. The SMILES string of the molecule is COc1cc(-n2c(N)nc3ccc(F)c(F)c32)ccc1Br. The molecule has 0 saturated carbocycles. The van der Waals surface area contributed by atoms with Crippen LogP contribution in [0, 0.1) is 11.6 Å². The van der Waals surface area contributed by atoms with Crippen LogP contribution in [0.4, 0.5) is 14.7 Å². The van der Waals surface area contributed by atoms with Crippen molar-refractivity contribution < 1.29 is 13.5 Å². The zero-order chi connectivity index (χ0) is 15.1. The Labute approximate surface area is 127 Å². The Hall–Kier alpha value is -2.15. The van der Waals surface area contributed by atoms with Gasteiger partial charge >= 0.3 is 0 Å². The summed E-state index contributed by atoms with van der Waals surface area (Å²) in [4.78, 5) is 4.05. The Morgan fingerprint density at radius 2 is 2.00 bits per heavy atom. The predicted molar refractivity (Wildman–Crippen MR) is 79.7 cm³/mol. The first-order chi connectivity index (χ1) is 10.0. The largest absolute Gasteiger partial charge is 0.495 e. The van der Waals surface area contributed by atoms with E-state index in [4.69, 9.17) is 10.5 Å². The summed E-state index contributed by atoms with van der Waals surface area (Å²) in [7, 11) is 1.51. The average molecular weight is 354 g/mol. The minimum Gasteiger partial charge on any atom is -0.495 e. The highest BCUT2D eigenvalue weighted by molar-refractivity contribution is 9.10. The van der Waals surface area contributed by atoms with Crippen LogP contribution in [0.2, 0.25) is 0 Å². The lowest BCUT2D eigenvalue weighted by molar-refractivity contribution is 0.412. The van der Waals surface area contributed by atoms with Crippen molar-refractivity contribution in [3.05, 3.63) is 46.4 Å². The Kier molecular flexibility index (Phi) is 3.29. The monoisotopic (exact) mass is 353 g/mol. The lowest BCUT2D eigenvalue weighted by atomic mass is 10.2. The smallest absolute Gasteiger partial charge is 0.206 e. The number of benzene rings is 2. The summed E-state index contributed by atoms with van der Waals surface area (Å²) in [5.74, 6) is -1.32. The Morgan fingerprint density at radius 3 is 2.71 bits per heavy atom. The van der Waals surface area contributed by atoms with Gasteiger partial charge < -0.3 is 10.5 Å². The van der Waals surface area contributed by atoms with Crippen LogP contribution in [0.1, 0.15) is 0 Å². The second-order valence-corrected chi connectivity index (χ2v) is 5.21. The second kappa shape index (κ2) is 5.00. The van der Waals surface area contributed by atoms with Gasteiger partial charge in [-0.1, -0.05) is 0 Å². The highest BCUT2D eigenvalue weighted by atomic mass is 79.9. The number of methoxy groups -OCH3 is 1. The Bertz CT molecular complexity index is 848. The van der Waals surface area contributed by atoms with Crippen LogP contribution >= 0.6 is 15.9 Å². The van der Waals surface area contributed by atoms with Crippen LogP contribution in [0.25, 0.3) is 16.7 Å². The summed E-state index contributed by atoms with van der Waals surface area (Å²) >= 11 is 3.33. The molecule has 0 atom stereocenters. The Morgan fingerprint density at radius 1 is 1.24 bits per heavy atom. The van der Waals surface area contributed by atoms with Crippen LogP contribution in [-0.2, 0) is 0 Å². The number of aromatic nitrogens is 2. The van der Waals surface area contributed by atoms with E-state index in [0.29, 0.717) is 11.4 Å². The van der Waals surface area contributed by atoms with Gasteiger partial charge in [0.05, 0.1) is 22.8 Å². The number of hydrogen-bond acceptors (Lipinski definition) is 3. The highest BCUT2D eigenvalue weighted by Gasteiger charge is 2.18. The molecule has 108 valence electrons. The number of imidazole rings is 1. The molecule has 2 aromatic carbocycles. The maximum atomic E-state index is 14.1. The van der Waals surface area contributed by atoms with Crippen LogP contribution in [0.15, 0.2) is 34.8 Å². The molecule has 4 nitrogen and oxygen atoms in total. The van der Waals surface area contributed by atoms with Gasteiger partial charge in [0.1, 0.15) is 11.3 Å². The normalized spacial score (nSPS) is 11.0. The van der Waals surface area contributed by atoms with Gasteiger partial charge in [0.2, 0.25) is 5.95 Å². The van der Waals surface area contributed by atoms with Crippen molar-refractivity contribution in [3.8, 4) is 11.4 Å². The summed E-state index contributed by atoms with van der Waals surface area (Å²) in [6, 6.07) is 7.50. The third kappa shape index (κ3) is 2.13. The van der Waals surface area contributed by atoms with Gasteiger partial charge in [-0.05, 0) is 40.2 Å². The lowest BCUT2D eigenvalue weighted by Crippen LogP contribution is -2.02. The number of hydrogen-bond donors (Lipinski definition) is 1. The molecule has 0 aliphatic rings. The predicted octanol–water partition coefficient (Wildman–Crippen LogP) is 3.66. The summed E-state index contributed by atoms with van der Waals surface area (Å²) in [5.41, 5.74) is 6.65. The molecule has 0 amide bonds. The number of halogens is 3. The molecular weight excluding hydrogens is 344 g/mol. The summed E-state index contributed by atoms with van der Waals surface area (Å²) in [6.45, 7) is 0. The van der Waals surface area contributed by atoms with Crippen molar-refractivity contribution >= 4 is 32.9 Å². The van der Waals surface area contributed by atoms with Gasteiger partial charge in [0, 0.05) is 6.07 Å². The van der Waals surface area contributed by atoms with Crippen molar-refractivity contribution in [1.82, 2.24) is 9.55 Å². The summed E-state index contributed by atoms with van der Waals surface area (Å²) < 4.78 is 34.9. The van der Waals surface area contributed by atoms with E-state index in [0.717, 1.165) is 10.5 Å². The first kappa shape index (κ1) is 13.8. The molecule has 0 aliphatic carbocycles. The van der Waals surface area contributed by atoms with E-state index >= 15 is 0 Å². The van der Waals surface area contributed by atoms with Gasteiger partial charge in [0.15, 0.2) is 11.6 Å². The average Bonchev–Trinajstić information content (AvgIpc) is 2.81. The molecule has 0 bridgehead atoms. The van der Waals surface area contributed by atoms with Gasteiger partial charge in [-0.2, -0.15) is 0 Å². The number of anilines is 1. The Balaban J connectivity index is 2.34. The molecular formula is C14H10BrF2N3O. The zero-order valence-corrected chi connectivity index (χ0v) is 12.5. The standard InChI is InChI=1S/C14H10BrF2N3O/c1-21-11-6-7(2-3-8(11)15)20-13-10(19-14(20)18)5-4-9(16)12(13)17/h2-6H,1H3,(H2,18,19). The maximum absolute atomic E-state index is 14.1. The first-order valence-electron chi connectivity index (χ1n) is 5.98. The minimum atomic E-state index is -0.987. The minimum absolute atomic E-state index is 0.00289. The van der Waals surface area contributed by atoms with Crippen molar-refractivity contribution in [2.75, 3.05) is 12.8 Å². The van der Waals surface area contributed by atoms with E-state index in [1.165, 1.54) is 17.7 Å². The maximum Gasteiger partial charge on any atom is 0.206 e. The number of rotatable bonds is 2. The molecule has 21 heavy (non-hydrogen) atoms. The fourth-order valence-electron chi connectivity index (χ4n) is 2.17. The molecule has 7 heteroatoms. The second-order valence-electron chi connectivity index (χ2n) is 4.35. The molecule has 1 heterocycles. The van der Waals surface area contributed by atoms with Crippen LogP contribution in [0.3, 0.4) is 0 Å². The quantitative estimate of drug-likeness (QED) is 0.764. The van der Waals surface area contributed by atoms with Crippen molar-refractivity contribution in [1.29, 1.82) is 0 Å². The fourth-order valence-corrected chi connectivity index (χ4v) is 2.58. The number of fused-ring (bicyclic) bond motifs is 1. The number of nitrogens with zero attached hydrogens (tertiary/aromatic N) is 2. The van der Waals surface area contributed by atoms with Gasteiger partial charge in [-0.3, -0.25) is 4.57 Å². The van der Waals surface area contributed by atoms with Crippen LogP contribution < -0.4 is 10.5 Å². The number of ether oxygens (including phenoxy) is 1. The van der Waals surface area contributed by atoms with Gasteiger partial charge in [0.25, 0.3) is 0 Å². The topological polar surface area (TPSA) is 53.1 Å². The number of nitrogen functional groups attached to an aromatic ring is 1. The van der Waals surface area contributed by atoms with Crippen LogP contribution in [-0.4, -0.2) is 16.7 Å². The van der Waals surface area contributed by atoms with Gasteiger partial charge in [-0.25, -0.2) is 13.8 Å². The zero-order valence-electron chi connectivity index (χ0n) is 10.9. The molecule has 0 fully saturated rings.